The Kier molecular flexibility index (Phi) is 8.99. The van der Waals surface area contributed by atoms with Gasteiger partial charge in [-0.1, -0.05) is 66.9 Å². The van der Waals surface area contributed by atoms with Gasteiger partial charge in [0.05, 0.1) is 0 Å². The fourth-order valence-corrected chi connectivity index (χ4v) is 5.60. The molecule has 2 rings (SSSR count). The molecule has 1 aromatic carbocycles. The molecule has 2 unspecified atom stereocenters. The number of fused-ring (bicyclic) bond motifs is 1. The third-order valence-corrected chi connectivity index (χ3v) is 12.5. The second kappa shape index (κ2) is 10.6. The molecule has 0 saturated heterocycles. The number of benzene rings is 1. The highest BCUT2D eigenvalue weighted by atomic mass is 28.4. The first-order chi connectivity index (χ1) is 15.1. The van der Waals surface area contributed by atoms with E-state index in [1.54, 1.807) is 0 Å². The number of rotatable bonds is 9. The summed E-state index contributed by atoms with van der Waals surface area (Å²) in [4.78, 5) is 0. The number of hydrogen-bond donors (Lipinski definition) is 0. The molecule has 0 aromatic heterocycles. The Morgan fingerprint density at radius 2 is 1.67 bits per heavy atom. The third kappa shape index (κ3) is 6.90. The molecular weight excluding hydrogens is 420 g/mol. The van der Waals surface area contributed by atoms with Gasteiger partial charge in [-0.3, -0.25) is 0 Å². The van der Waals surface area contributed by atoms with E-state index in [0.717, 1.165) is 42.6 Å². The second-order valence-electron chi connectivity index (χ2n) is 12.9. The van der Waals surface area contributed by atoms with E-state index < -0.39 is 8.32 Å². The van der Waals surface area contributed by atoms with Gasteiger partial charge < -0.3 is 9.16 Å². The predicted molar refractivity (Wildman–Crippen MR) is 147 cm³/mol. The maximum Gasteiger partial charge on any atom is 0.250 e. The Morgan fingerprint density at radius 3 is 2.24 bits per heavy atom. The van der Waals surface area contributed by atoms with Gasteiger partial charge in [0.15, 0.2) is 0 Å². The average molecular weight is 473 g/mol. The lowest BCUT2D eigenvalue weighted by atomic mass is 9.86. The van der Waals surface area contributed by atoms with Gasteiger partial charge >= 0.3 is 0 Å². The van der Waals surface area contributed by atoms with Gasteiger partial charge in [-0.2, -0.15) is 0 Å². The number of hydrogen-bond acceptors (Lipinski definition) is 2. The molecule has 0 amide bonds. The van der Waals surface area contributed by atoms with Crippen LogP contribution in [-0.2, 0) is 6.42 Å². The molecular formula is C30H52O2Si. The number of ether oxygens (including phenoxy) is 1. The van der Waals surface area contributed by atoms with Crippen LogP contribution in [0.3, 0.4) is 0 Å². The van der Waals surface area contributed by atoms with Gasteiger partial charge in [0.2, 0.25) is 0 Å². The van der Waals surface area contributed by atoms with Crippen LogP contribution in [-0.4, -0.2) is 13.9 Å². The molecule has 0 saturated carbocycles. The first kappa shape index (κ1) is 28.0. The topological polar surface area (TPSA) is 18.5 Å². The standard InChI is InChI=1S/C30H52O2Si/c1-21(2)15-13-16-22(3)17-14-19-30(10)20-18-26-25(6)27(23(4)24(5)28(26)31-30)32-33(11,12)29(7,8)9/h14,19,21-22H,13,15-18,20H2,1-12H3/b19-14+. The van der Waals surface area contributed by atoms with Crippen molar-refractivity contribution in [2.75, 3.05) is 0 Å². The van der Waals surface area contributed by atoms with Crippen molar-refractivity contribution in [1.82, 2.24) is 0 Å². The molecule has 0 fully saturated rings. The highest BCUT2D eigenvalue weighted by Gasteiger charge is 2.40. The number of allylic oxidation sites excluding steroid dienone is 1. The summed E-state index contributed by atoms with van der Waals surface area (Å²) in [5.74, 6) is 3.75. The minimum absolute atomic E-state index is 0.182. The molecule has 2 atom stereocenters. The van der Waals surface area contributed by atoms with E-state index >= 15 is 0 Å². The molecule has 0 aliphatic carbocycles. The van der Waals surface area contributed by atoms with Gasteiger partial charge in [0, 0.05) is 5.56 Å². The van der Waals surface area contributed by atoms with Gasteiger partial charge in [0.1, 0.15) is 17.1 Å². The molecule has 0 radical (unpaired) electrons. The van der Waals surface area contributed by atoms with E-state index in [4.69, 9.17) is 9.16 Å². The zero-order valence-corrected chi connectivity index (χ0v) is 24.9. The zero-order valence-electron chi connectivity index (χ0n) is 23.9. The highest BCUT2D eigenvalue weighted by Crippen LogP contribution is 2.46. The highest BCUT2D eigenvalue weighted by molar-refractivity contribution is 6.74. The van der Waals surface area contributed by atoms with Gasteiger partial charge in [-0.05, 0) is 99.7 Å². The molecule has 1 heterocycles. The van der Waals surface area contributed by atoms with E-state index in [2.05, 4.69) is 94.5 Å². The minimum atomic E-state index is -1.90. The molecule has 0 N–H and O–H groups in total. The van der Waals surface area contributed by atoms with Crippen molar-refractivity contribution in [2.45, 2.75) is 131 Å². The lowest BCUT2D eigenvalue weighted by Crippen LogP contribution is -2.44. The van der Waals surface area contributed by atoms with Gasteiger partial charge in [-0.15, -0.1) is 0 Å². The minimum Gasteiger partial charge on any atom is -0.543 e. The van der Waals surface area contributed by atoms with Crippen LogP contribution in [0.15, 0.2) is 12.2 Å². The quantitative estimate of drug-likeness (QED) is 0.263. The average Bonchev–Trinajstić information content (AvgIpc) is 2.68. The van der Waals surface area contributed by atoms with Crippen molar-refractivity contribution < 1.29 is 9.16 Å². The summed E-state index contributed by atoms with van der Waals surface area (Å²) < 4.78 is 13.6. The molecule has 2 nitrogen and oxygen atoms in total. The first-order valence-electron chi connectivity index (χ1n) is 13.3. The van der Waals surface area contributed by atoms with E-state index in [9.17, 15) is 0 Å². The Labute approximate surface area is 206 Å². The lowest BCUT2D eigenvalue weighted by Gasteiger charge is -2.40. The summed E-state index contributed by atoms with van der Waals surface area (Å²) in [6.07, 6.45) is 11.9. The van der Waals surface area contributed by atoms with Crippen LogP contribution in [0, 0.1) is 32.6 Å². The molecule has 3 heteroatoms. The van der Waals surface area contributed by atoms with Crippen LogP contribution in [0.4, 0.5) is 0 Å². The largest absolute Gasteiger partial charge is 0.543 e. The molecule has 0 bridgehead atoms. The van der Waals surface area contributed by atoms with Crippen LogP contribution in [0.2, 0.25) is 18.1 Å². The van der Waals surface area contributed by atoms with E-state index in [1.807, 2.05) is 0 Å². The van der Waals surface area contributed by atoms with Crippen LogP contribution in [0.1, 0.15) is 103 Å². The summed E-state index contributed by atoms with van der Waals surface area (Å²) >= 11 is 0. The van der Waals surface area contributed by atoms with Crippen molar-refractivity contribution >= 4 is 8.32 Å². The van der Waals surface area contributed by atoms with Crippen LogP contribution < -0.4 is 9.16 Å². The van der Waals surface area contributed by atoms with Crippen molar-refractivity contribution in [3.8, 4) is 11.5 Å². The fourth-order valence-electron chi connectivity index (χ4n) is 4.47. The molecule has 1 aliphatic rings. The Hall–Kier alpha value is -1.22. The Bertz CT molecular complexity index is 844. The van der Waals surface area contributed by atoms with Crippen molar-refractivity contribution in [1.29, 1.82) is 0 Å². The van der Waals surface area contributed by atoms with Crippen LogP contribution in [0.5, 0.6) is 11.5 Å². The predicted octanol–water partition coefficient (Wildman–Crippen LogP) is 9.49. The SMILES string of the molecule is Cc1c(C)c2c(c(C)c1O[Si](C)(C)C(C)(C)C)CCC(C)(/C=C/CC(C)CCCC(C)C)O2. The molecule has 1 aliphatic heterocycles. The maximum absolute atomic E-state index is 6.83. The van der Waals surface area contributed by atoms with Crippen molar-refractivity contribution in [3.05, 3.63) is 34.4 Å². The van der Waals surface area contributed by atoms with Crippen molar-refractivity contribution in [2.24, 2.45) is 11.8 Å². The third-order valence-electron chi connectivity index (χ3n) is 8.17. The monoisotopic (exact) mass is 472 g/mol. The molecule has 0 spiro atoms. The summed E-state index contributed by atoms with van der Waals surface area (Å²) in [7, 11) is -1.90. The summed E-state index contributed by atoms with van der Waals surface area (Å²) in [6, 6.07) is 0. The second-order valence-corrected chi connectivity index (χ2v) is 17.6. The lowest BCUT2D eigenvalue weighted by molar-refractivity contribution is 0.112. The normalized spacial score (nSPS) is 20.2. The molecule has 188 valence electrons. The Balaban J connectivity index is 2.19. The summed E-state index contributed by atoms with van der Waals surface area (Å²) in [5.41, 5.74) is 4.88. The van der Waals surface area contributed by atoms with E-state index in [1.165, 1.54) is 41.5 Å². The van der Waals surface area contributed by atoms with Crippen LogP contribution in [0.25, 0.3) is 0 Å². The first-order valence-corrected chi connectivity index (χ1v) is 16.2. The molecule has 33 heavy (non-hydrogen) atoms. The van der Waals surface area contributed by atoms with Crippen LogP contribution >= 0.6 is 0 Å². The van der Waals surface area contributed by atoms with Gasteiger partial charge in [-0.25, -0.2) is 0 Å². The smallest absolute Gasteiger partial charge is 0.250 e. The maximum atomic E-state index is 6.83. The van der Waals surface area contributed by atoms with Crippen molar-refractivity contribution in [3.63, 3.8) is 0 Å². The van der Waals surface area contributed by atoms with E-state index in [-0.39, 0.29) is 10.6 Å². The Morgan fingerprint density at radius 1 is 1.03 bits per heavy atom. The summed E-state index contributed by atoms with van der Waals surface area (Å²) in [6.45, 7) is 27.5. The summed E-state index contributed by atoms with van der Waals surface area (Å²) in [5, 5.41) is 0.182. The molecule has 1 aromatic rings. The zero-order chi connectivity index (χ0) is 25.2. The fraction of sp³-hybridized carbons (Fsp3) is 0.733. The van der Waals surface area contributed by atoms with Gasteiger partial charge in [0.25, 0.3) is 8.32 Å². The van der Waals surface area contributed by atoms with E-state index in [0.29, 0.717) is 0 Å².